The van der Waals surface area contributed by atoms with Gasteiger partial charge < -0.3 is 0 Å². The Balaban J connectivity index is 0. The molecule has 0 unspecified atom stereocenters. The van der Waals surface area contributed by atoms with E-state index >= 15 is 0 Å². The summed E-state index contributed by atoms with van der Waals surface area (Å²) in [5, 5.41) is 8.38. The summed E-state index contributed by atoms with van der Waals surface area (Å²) in [6.45, 7) is 0. The fourth-order valence-electron chi connectivity index (χ4n) is 0. The molecule has 0 fully saturated rings. The number of rotatable bonds is 0. The van der Waals surface area contributed by atoms with Crippen molar-refractivity contribution < 1.29 is 9.14 Å². The molecule has 1 N–H and O–H groups in total. The molecule has 0 amide bonds. The minimum absolute atomic E-state index is 0.250. The quantitative estimate of drug-likeness (QED) is 0.204. The van der Waals surface area contributed by atoms with Crippen LogP contribution >= 0.6 is 0 Å². The zero-order valence-corrected chi connectivity index (χ0v) is 3.85. The van der Waals surface area contributed by atoms with Crippen molar-refractivity contribution in [2.45, 2.75) is 0 Å². The monoisotopic (exact) mass is 91.0 g/mol. The molecule has 0 saturated carbocycles. The van der Waals surface area contributed by atoms with Crippen LogP contribution in [0.15, 0.2) is 0 Å². The van der Waals surface area contributed by atoms with Crippen molar-refractivity contribution in [3.05, 3.63) is 10.1 Å². The second kappa shape index (κ2) is 51.9. The molecule has 0 aliphatic heterocycles. The Labute approximate surface area is 36.4 Å². The first-order valence-corrected chi connectivity index (χ1v) is 1.27. The molecule has 5 heteroatoms. The summed E-state index contributed by atoms with van der Waals surface area (Å²) < 4.78 is 8.28. The molecule has 0 bridgehead atoms. The average Bonchev–Trinajstić information content (AvgIpc) is 1.46. The molecule has 0 saturated heterocycles. The predicted molar refractivity (Wildman–Crippen MR) is 15.5 cm³/mol. The Morgan fingerprint density at radius 1 is 1.60 bits per heavy atom. The van der Waals surface area contributed by atoms with E-state index in [9.17, 15) is 0 Å². The third kappa shape index (κ3) is 157. The van der Waals surface area contributed by atoms with Gasteiger partial charge in [0.25, 0.3) is 0 Å². The maximum atomic E-state index is 8.28. The van der Waals surface area contributed by atoms with Crippen LogP contribution in [0.5, 0.6) is 0 Å². The molecule has 0 heterocycles. The summed E-state index contributed by atoms with van der Waals surface area (Å²) in [7, 11) is 0. The van der Waals surface area contributed by atoms with Gasteiger partial charge >= 0.3 is 20.0 Å². The molecule has 0 rings (SSSR count). The first kappa shape index (κ1) is 8.83. The van der Waals surface area contributed by atoms with Crippen molar-refractivity contribution >= 4 is 16.2 Å². The topological polar surface area (TPSA) is 71.2 Å². The van der Waals surface area contributed by atoms with Crippen LogP contribution in [0, 0.1) is 10.1 Å². The van der Waals surface area contributed by atoms with Gasteiger partial charge in [0.1, 0.15) is 0 Å². The Bertz CT molecular complexity index is 20.9. The second-order valence-electron chi connectivity index (χ2n) is 0.0833. The van der Waals surface area contributed by atoms with Crippen LogP contribution < -0.4 is 5.34 Å². The molecule has 4 nitrogen and oxygen atoms in total. The Kier molecular flexibility index (Phi) is 91.7. The first-order valence-electron chi connectivity index (χ1n) is 0.697. The number of hydrogen-bond acceptors (Lipinski definition) is 3. The fourth-order valence-corrected chi connectivity index (χ4v) is 0. The van der Waals surface area contributed by atoms with E-state index in [0.717, 1.165) is 0 Å². The molecule has 28 valence electrons. The molecule has 0 aliphatic carbocycles. The molecule has 0 atom stereocenters. The zero-order valence-electron chi connectivity index (χ0n) is 2.43. The second-order valence-corrected chi connectivity index (χ2v) is 0.0833. The average molecular weight is 91.0 g/mol. The van der Waals surface area contributed by atoms with Gasteiger partial charge in [-0.05, 0) is 0 Å². The van der Waals surface area contributed by atoms with Gasteiger partial charge in [-0.25, -0.2) is 0 Å². The summed E-state index contributed by atoms with van der Waals surface area (Å²) in [6.07, 6.45) is 0. The van der Waals surface area contributed by atoms with Gasteiger partial charge in [0.2, 0.25) is 0 Å². The van der Waals surface area contributed by atoms with Crippen LogP contribution in [0.25, 0.3) is 0 Å². The third-order valence-corrected chi connectivity index (χ3v) is 0. The van der Waals surface area contributed by atoms with E-state index in [-0.39, 0.29) is 5.34 Å². The van der Waals surface area contributed by atoms with Crippen LogP contribution in [0.3, 0.4) is 0 Å². The SMILES string of the molecule is O=[NH+][O-].[O]=[AlH]. The zero-order chi connectivity index (χ0) is 4.71. The van der Waals surface area contributed by atoms with Crippen molar-refractivity contribution in [1.29, 1.82) is 0 Å². The molecular formula is H2AlNO3. The molecule has 0 spiro atoms. The van der Waals surface area contributed by atoms with Crippen molar-refractivity contribution in [1.82, 2.24) is 0 Å². The number of nitrogens with one attached hydrogen (secondary N) is 1. The van der Waals surface area contributed by atoms with Gasteiger partial charge in [-0.15, -0.1) is 0 Å². The molecular weight excluding hydrogens is 89.0 g/mol. The summed E-state index contributed by atoms with van der Waals surface area (Å²) in [5.41, 5.74) is 0. The van der Waals surface area contributed by atoms with Crippen molar-refractivity contribution in [3.8, 4) is 0 Å². The van der Waals surface area contributed by atoms with Crippen LogP contribution in [0.4, 0.5) is 0 Å². The Morgan fingerprint density at radius 3 is 1.60 bits per heavy atom. The molecule has 0 aromatic heterocycles. The van der Waals surface area contributed by atoms with Gasteiger partial charge in [-0.1, -0.05) is 0 Å². The van der Waals surface area contributed by atoms with E-state index in [0.29, 0.717) is 16.2 Å². The van der Waals surface area contributed by atoms with Gasteiger partial charge in [0, 0.05) is 5.34 Å². The van der Waals surface area contributed by atoms with Crippen molar-refractivity contribution in [3.63, 3.8) is 0 Å². The normalized spacial score (nSPS) is 3.00. The Morgan fingerprint density at radius 2 is 1.60 bits per heavy atom. The van der Waals surface area contributed by atoms with Crippen LogP contribution in [-0.4, -0.2) is 16.2 Å². The predicted octanol–water partition coefficient (Wildman–Crippen LogP) is -2.44. The maximum absolute atomic E-state index is 8.28. The van der Waals surface area contributed by atoms with Gasteiger partial charge in [-0.3, -0.25) is 10.1 Å². The molecule has 0 aliphatic rings. The van der Waals surface area contributed by atoms with E-state index in [1.807, 2.05) is 0 Å². The van der Waals surface area contributed by atoms with Gasteiger partial charge in [-0.2, -0.15) is 0 Å². The standard InChI is InChI=1S/Al.HNO2.O.H/c;2-1-3;;/h;1H;;. The van der Waals surface area contributed by atoms with E-state index in [4.69, 9.17) is 13.9 Å². The van der Waals surface area contributed by atoms with Crippen LogP contribution in [-0.2, 0) is 3.80 Å². The molecule has 5 heavy (non-hydrogen) atoms. The van der Waals surface area contributed by atoms with Gasteiger partial charge in [0.15, 0.2) is 0 Å². The van der Waals surface area contributed by atoms with Crippen LogP contribution in [0.1, 0.15) is 0 Å². The van der Waals surface area contributed by atoms with Crippen molar-refractivity contribution in [2.24, 2.45) is 0 Å². The van der Waals surface area contributed by atoms with E-state index in [2.05, 4.69) is 0 Å². The molecule has 0 aromatic carbocycles. The molecule has 0 aromatic rings. The van der Waals surface area contributed by atoms with E-state index in [1.54, 1.807) is 0 Å². The molecule has 0 radical (unpaired) electrons. The summed E-state index contributed by atoms with van der Waals surface area (Å²) >= 11 is 0.611. The fraction of sp³-hybridized carbons (Fsp3) is 0. The van der Waals surface area contributed by atoms with E-state index < -0.39 is 0 Å². The van der Waals surface area contributed by atoms with E-state index in [1.165, 1.54) is 0 Å². The van der Waals surface area contributed by atoms with Crippen LogP contribution in [0.2, 0.25) is 0 Å². The Hall–Kier alpha value is -0.268. The summed E-state index contributed by atoms with van der Waals surface area (Å²) in [5.74, 6) is 0. The minimum atomic E-state index is 0.250. The summed E-state index contributed by atoms with van der Waals surface area (Å²) in [6, 6.07) is 0. The third-order valence-electron chi connectivity index (χ3n) is 0. The van der Waals surface area contributed by atoms with Crippen molar-refractivity contribution in [2.75, 3.05) is 0 Å². The first-order chi connectivity index (χ1) is 2.41. The summed E-state index contributed by atoms with van der Waals surface area (Å²) in [4.78, 5) is 8.12. The number of hydrogen-bond donors (Lipinski definition) is 1. The van der Waals surface area contributed by atoms with Gasteiger partial charge in [0.05, 0.1) is 0 Å².